The summed E-state index contributed by atoms with van der Waals surface area (Å²) < 4.78 is 18.5. The number of rotatable bonds is 2. The Morgan fingerprint density at radius 1 is 1.48 bits per heavy atom. The smallest absolute Gasteiger partial charge is 0.323 e. The number of anilines is 1. The molecule has 1 aromatic carbocycles. The van der Waals surface area contributed by atoms with Crippen LogP contribution in [-0.4, -0.2) is 23.2 Å². The number of hydrogen-bond acceptors (Lipinski definition) is 3. The van der Waals surface area contributed by atoms with Crippen molar-refractivity contribution in [2.45, 2.75) is 5.37 Å². The number of hydrogen-bond donors (Lipinski definition) is 1. The molecule has 3 rings (SSSR count). The third-order valence-corrected chi connectivity index (χ3v) is 4.62. The molecule has 0 radical (unpaired) electrons. The monoisotopic (exact) mass is 326 g/mol. The van der Waals surface area contributed by atoms with Gasteiger partial charge in [0.1, 0.15) is 17.0 Å². The van der Waals surface area contributed by atoms with Crippen molar-refractivity contribution in [2.75, 3.05) is 17.6 Å². The topological polar surface area (TPSA) is 45.5 Å². The lowest BCUT2D eigenvalue weighted by molar-refractivity contribution is 0.209. The number of nitrogens with zero attached hydrogens (tertiary/aromatic N) is 1. The van der Waals surface area contributed by atoms with E-state index in [0.717, 1.165) is 11.5 Å². The molecule has 110 valence electrons. The largest absolute Gasteiger partial charge is 0.466 e. The van der Waals surface area contributed by atoms with Gasteiger partial charge in [0.25, 0.3) is 0 Å². The molecule has 1 aliphatic heterocycles. The van der Waals surface area contributed by atoms with Crippen LogP contribution in [0.15, 0.2) is 41.0 Å². The molecule has 1 fully saturated rings. The SMILES string of the molecule is O=C(Nc1ccc(F)c(Cl)c1)N1CCS[C@@H]1c1ccco1. The lowest BCUT2D eigenvalue weighted by Gasteiger charge is -2.22. The van der Waals surface area contributed by atoms with Crippen LogP contribution in [0.2, 0.25) is 5.02 Å². The molecule has 1 saturated heterocycles. The van der Waals surface area contributed by atoms with Gasteiger partial charge in [-0.3, -0.25) is 0 Å². The van der Waals surface area contributed by atoms with Gasteiger partial charge in [-0.1, -0.05) is 11.6 Å². The molecule has 7 heteroatoms. The average molecular weight is 327 g/mol. The molecular formula is C14H12ClFN2O2S. The van der Waals surface area contributed by atoms with Crippen LogP contribution in [0.3, 0.4) is 0 Å². The van der Waals surface area contributed by atoms with E-state index >= 15 is 0 Å². The van der Waals surface area contributed by atoms with Gasteiger partial charge in [-0.2, -0.15) is 0 Å². The van der Waals surface area contributed by atoms with Gasteiger partial charge in [-0.05, 0) is 30.3 Å². The third-order valence-electron chi connectivity index (χ3n) is 3.11. The molecule has 4 nitrogen and oxygen atoms in total. The van der Waals surface area contributed by atoms with Crippen LogP contribution in [-0.2, 0) is 0 Å². The number of nitrogens with one attached hydrogen (secondary N) is 1. The van der Waals surface area contributed by atoms with E-state index in [1.54, 1.807) is 29.0 Å². The molecule has 1 atom stereocenters. The van der Waals surface area contributed by atoms with Crippen molar-refractivity contribution >= 4 is 35.1 Å². The Kier molecular flexibility index (Phi) is 4.07. The predicted octanol–water partition coefficient (Wildman–Crippen LogP) is 4.35. The van der Waals surface area contributed by atoms with Gasteiger partial charge in [0.15, 0.2) is 0 Å². The van der Waals surface area contributed by atoms with Crippen LogP contribution in [0.25, 0.3) is 0 Å². The van der Waals surface area contributed by atoms with Crippen LogP contribution >= 0.6 is 23.4 Å². The van der Waals surface area contributed by atoms with Crippen molar-refractivity contribution in [2.24, 2.45) is 0 Å². The van der Waals surface area contributed by atoms with Crippen LogP contribution in [0.4, 0.5) is 14.9 Å². The van der Waals surface area contributed by atoms with Gasteiger partial charge >= 0.3 is 6.03 Å². The molecule has 0 saturated carbocycles. The minimum atomic E-state index is -0.514. The van der Waals surface area contributed by atoms with Gasteiger partial charge in [0, 0.05) is 18.0 Å². The number of furan rings is 1. The van der Waals surface area contributed by atoms with Crippen molar-refractivity contribution in [1.29, 1.82) is 0 Å². The van der Waals surface area contributed by atoms with Gasteiger partial charge in [0.2, 0.25) is 0 Å². The summed E-state index contributed by atoms with van der Waals surface area (Å²) in [4.78, 5) is 14.0. The van der Waals surface area contributed by atoms with Gasteiger partial charge in [0.05, 0.1) is 11.3 Å². The first-order valence-electron chi connectivity index (χ1n) is 6.33. The molecule has 0 spiro atoms. The maximum absolute atomic E-state index is 13.1. The molecule has 1 aromatic heterocycles. The van der Waals surface area contributed by atoms with E-state index in [0.29, 0.717) is 12.2 Å². The van der Waals surface area contributed by atoms with E-state index < -0.39 is 5.82 Å². The number of halogens is 2. The number of benzene rings is 1. The van der Waals surface area contributed by atoms with E-state index in [4.69, 9.17) is 16.0 Å². The van der Waals surface area contributed by atoms with Gasteiger partial charge < -0.3 is 14.6 Å². The van der Waals surface area contributed by atoms with Crippen molar-refractivity contribution in [3.05, 3.63) is 53.2 Å². The maximum Gasteiger partial charge on any atom is 0.323 e. The fourth-order valence-corrected chi connectivity index (χ4v) is 3.50. The van der Waals surface area contributed by atoms with Crippen molar-refractivity contribution in [1.82, 2.24) is 4.90 Å². The molecule has 2 amide bonds. The number of amides is 2. The van der Waals surface area contributed by atoms with E-state index in [9.17, 15) is 9.18 Å². The normalized spacial score (nSPS) is 18.0. The van der Waals surface area contributed by atoms with E-state index in [2.05, 4.69) is 5.32 Å². The van der Waals surface area contributed by atoms with Crippen LogP contribution in [0, 0.1) is 5.82 Å². The standard InChI is InChI=1S/C14H12ClFN2O2S/c15-10-8-9(3-4-11(10)16)17-14(19)18-5-7-21-13(18)12-2-1-6-20-12/h1-4,6,8,13H,5,7H2,(H,17,19)/t13-/m1/s1. The molecular weight excluding hydrogens is 315 g/mol. The zero-order valence-corrected chi connectivity index (χ0v) is 12.5. The zero-order chi connectivity index (χ0) is 14.8. The lowest BCUT2D eigenvalue weighted by Crippen LogP contribution is -2.34. The minimum absolute atomic E-state index is 0.0221. The Bertz CT molecular complexity index is 650. The Balaban J connectivity index is 1.73. The highest BCUT2D eigenvalue weighted by atomic mass is 35.5. The first-order valence-corrected chi connectivity index (χ1v) is 7.75. The Labute approximate surface area is 130 Å². The zero-order valence-electron chi connectivity index (χ0n) is 10.9. The first-order chi connectivity index (χ1) is 10.1. The molecule has 2 heterocycles. The number of urea groups is 1. The van der Waals surface area contributed by atoms with Crippen LogP contribution < -0.4 is 5.32 Å². The summed E-state index contributed by atoms with van der Waals surface area (Å²) in [5, 5.41) is 2.56. The molecule has 1 N–H and O–H groups in total. The first kappa shape index (κ1) is 14.3. The van der Waals surface area contributed by atoms with Gasteiger partial charge in [-0.25, -0.2) is 9.18 Å². The second-order valence-electron chi connectivity index (χ2n) is 4.49. The summed E-state index contributed by atoms with van der Waals surface area (Å²) in [5.41, 5.74) is 0.460. The maximum atomic E-state index is 13.1. The third kappa shape index (κ3) is 3.01. The quantitative estimate of drug-likeness (QED) is 0.892. The van der Waals surface area contributed by atoms with E-state index in [1.807, 2.05) is 6.07 Å². The molecule has 0 aliphatic carbocycles. The summed E-state index contributed by atoms with van der Waals surface area (Å²) in [6, 6.07) is 7.47. The molecule has 0 bridgehead atoms. The highest BCUT2D eigenvalue weighted by molar-refractivity contribution is 7.99. The second kappa shape index (κ2) is 5.99. The van der Waals surface area contributed by atoms with Crippen molar-refractivity contribution < 1.29 is 13.6 Å². The highest BCUT2D eigenvalue weighted by Crippen LogP contribution is 2.38. The summed E-state index contributed by atoms with van der Waals surface area (Å²) in [6.07, 6.45) is 1.59. The average Bonchev–Trinajstić information content (AvgIpc) is 3.12. The van der Waals surface area contributed by atoms with E-state index in [1.165, 1.54) is 18.2 Å². The number of carbonyl (C=O) groups excluding carboxylic acids is 1. The van der Waals surface area contributed by atoms with E-state index in [-0.39, 0.29) is 16.4 Å². The molecule has 21 heavy (non-hydrogen) atoms. The summed E-state index contributed by atoms with van der Waals surface area (Å²) in [7, 11) is 0. The Hall–Kier alpha value is -1.66. The number of carbonyl (C=O) groups is 1. The second-order valence-corrected chi connectivity index (χ2v) is 6.09. The molecule has 1 aliphatic rings. The lowest BCUT2D eigenvalue weighted by atomic mass is 10.3. The Morgan fingerprint density at radius 2 is 2.33 bits per heavy atom. The summed E-state index contributed by atoms with van der Waals surface area (Å²) in [5.74, 6) is 1.06. The number of thioether (sulfide) groups is 1. The summed E-state index contributed by atoms with van der Waals surface area (Å²) >= 11 is 7.35. The van der Waals surface area contributed by atoms with Crippen molar-refractivity contribution in [3.63, 3.8) is 0 Å². The Morgan fingerprint density at radius 3 is 3.05 bits per heavy atom. The highest BCUT2D eigenvalue weighted by Gasteiger charge is 2.32. The fourth-order valence-electron chi connectivity index (χ4n) is 2.11. The molecule has 0 unspecified atom stereocenters. The fraction of sp³-hybridized carbons (Fsp3) is 0.214. The van der Waals surface area contributed by atoms with Crippen LogP contribution in [0.1, 0.15) is 11.1 Å². The molecule has 2 aromatic rings. The van der Waals surface area contributed by atoms with Crippen molar-refractivity contribution in [3.8, 4) is 0 Å². The summed E-state index contributed by atoms with van der Waals surface area (Å²) in [6.45, 7) is 0.622. The predicted molar refractivity (Wildman–Crippen MR) is 81.0 cm³/mol. The van der Waals surface area contributed by atoms with Crippen LogP contribution in [0.5, 0.6) is 0 Å². The minimum Gasteiger partial charge on any atom is -0.466 e. The van der Waals surface area contributed by atoms with Gasteiger partial charge in [-0.15, -0.1) is 11.8 Å².